The minimum absolute atomic E-state index is 0.0519. The normalized spacial score (nSPS) is 15.0. The van der Waals surface area contributed by atoms with Gasteiger partial charge in [-0.2, -0.15) is 0 Å². The molecule has 2 aromatic heterocycles. The Hall–Kier alpha value is -2.45. The van der Waals surface area contributed by atoms with Crippen LogP contribution in [0.5, 0.6) is 0 Å². The highest BCUT2D eigenvalue weighted by Gasteiger charge is 2.15. The average molecular weight is 428 g/mol. The predicted octanol–water partition coefficient (Wildman–Crippen LogP) is 3.68. The molecule has 0 saturated carbocycles. The first-order valence-corrected chi connectivity index (χ1v) is 11.7. The van der Waals surface area contributed by atoms with Crippen molar-refractivity contribution in [2.45, 2.75) is 58.7 Å². The van der Waals surface area contributed by atoms with E-state index in [1.165, 1.54) is 30.6 Å². The fraction of sp³-hybridized carbons (Fsp3) is 0.500. The number of para-hydroxylation sites is 2. The van der Waals surface area contributed by atoms with Crippen molar-refractivity contribution >= 4 is 33.4 Å². The Morgan fingerprint density at radius 1 is 1.10 bits per heavy atom. The number of piperidine rings is 1. The fourth-order valence-corrected chi connectivity index (χ4v) is 4.82. The first-order valence-electron chi connectivity index (χ1n) is 10.8. The standard InChI is InChI=1S/C22H29N5O2S/c1-2-11-26-18-8-4-5-9-19(18)27(22(26)29)14-10-20(28)24-21-23-17(16-30-21)15-25-12-6-3-7-13-25/h4-5,8-9,16H,2-3,6-7,10-15H2,1H3,(H,23,24,28). The molecule has 0 atom stereocenters. The van der Waals surface area contributed by atoms with E-state index in [1.807, 2.05) is 29.6 Å². The van der Waals surface area contributed by atoms with Crippen molar-refractivity contribution in [3.05, 3.63) is 45.8 Å². The van der Waals surface area contributed by atoms with Gasteiger partial charge in [0, 0.05) is 31.4 Å². The Labute approximate surface area is 180 Å². The molecule has 160 valence electrons. The molecule has 0 aliphatic carbocycles. The minimum atomic E-state index is -0.118. The number of nitrogens with one attached hydrogen (secondary N) is 1. The molecular formula is C22H29N5O2S. The molecule has 7 nitrogen and oxygen atoms in total. The fourth-order valence-electron chi connectivity index (χ4n) is 4.11. The SMILES string of the molecule is CCCn1c(=O)n(CCC(=O)Nc2nc(CN3CCCCC3)cs2)c2ccccc21. The van der Waals surface area contributed by atoms with Crippen molar-refractivity contribution in [1.82, 2.24) is 19.0 Å². The summed E-state index contributed by atoms with van der Waals surface area (Å²) in [5.41, 5.74) is 2.76. The van der Waals surface area contributed by atoms with Crippen LogP contribution in [-0.2, 0) is 24.4 Å². The monoisotopic (exact) mass is 427 g/mol. The number of amides is 1. The van der Waals surface area contributed by atoms with Crippen LogP contribution < -0.4 is 11.0 Å². The van der Waals surface area contributed by atoms with Crippen LogP contribution in [0.2, 0.25) is 0 Å². The number of rotatable bonds is 8. The molecule has 8 heteroatoms. The molecule has 1 aliphatic rings. The average Bonchev–Trinajstić information content (AvgIpc) is 3.30. The molecule has 1 aliphatic heterocycles. The molecule has 1 aromatic carbocycles. The number of thiazole rings is 1. The summed E-state index contributed by atoms with van der Waals surface area (Å²) >= 11 is 1.46. The number of nitrogens with zero attached hydrogens (tertiary/aromatic N) is 4. The van der Waals surface area contributed by atoms with Gasteiger partial charge in [-0.3, -0.25) is 18.8 Å². The van der Waals surface area contributed by atoms with Crippen LogP contribution in [0, 0.1) is 0 Å². The van der Waals surface area contributed by atoms with E-state index in [0.717, 1.165) is 42.8 Å². The summed E-state index contributed by atoms with van der Waals surface area (Å²) in [5.74, 6) is -0.118. The second-order valence-electron chi connectivity index (χ2n) is 7.85. The molecule has 0 radical (unpaired) electrons. The maximum atomic E-state index is 12.8. The third-order valence-corrected chi connectivity index (χ3v) is 6.37. The summed E-state index contributed by atoms with van der Waals surface area (Å²) in [6.45, 7) is 6.18. The van der Waals surface area contributed by atoms with Gasteiger partial charge in [0.1, 0.15) is 0 Å². The minimum Gasteiger partial charge on any atom is -0.302 e. The second-order valence-corrected chi connectivity index (χ2v) is 8.71. The molecule has 3 heterocycles. The van der Waals surface area contributed by atoms with E-state index in [2.05, 4.69) is 22.1 Å². The lowest BCUT2D eigenvalue weighted by Crippen LogP contribution is -2.29. The van der Waals surface area contributed by atoms with E-state index < -0.39 is 0 Å². The number of anilines is 1. The zero-order valence-electron chi connectivity index (χ0n) is 17.5. The Morgan fingerprint density at radius 2 is 1.80 bits per heavy atom. The first kappa shape index (κ1) is 20.8. The summed E-state index contributed by atoms with van der Waals surface area (Å²) in [4.78, 5) is 32.3. The number of aromatic nitrogens is 3. The van der Waals surface area contributed by atoms with Crippen LogP contribution in [0.4, 0.5) is 5.13 Å². The molecule has 1 amide bonds. The molecule has 3 aromatic rings. The van der Waals surface area contributed by atoms with Crippen LogP contribution in [0.25, 0.3) is 11.0 Å². The van der Waals surface area contributed by atoms with Crippen molar-refractivity contribution in [2.75, 3.05) is 18.4 Å². The zero-order valence-corrected chi connectivity index (χ0v) is 18.3. The quantitative estimate of drug-likeness (QED) is 0.595. The number of hydrogen-bond acceptors (Lipinski definition) is 5. The van der Waals surface area contributed by atoms with E-state index in [0.29, 0.717) is 18.2 Å². The third kappa shape index (κ3) is 4.65. The van der Waals surface area contributed by atoms with Crippen molar-refractivity contribution < 1.29 is 4.79 Å². The second kappa shape index (κ2) is 9.57. The molecule has 0 unspecified atom stereocenters. The van der Waals surface area contributed by atoms with Gasteiger partial charge in [-0.15, -0.1) is 11.3 Å². The molecule has 1 saturated heterocycles. The Bertz CT molecular complexity index is 1060. The van der Waals surface area contributed by atoms with Gasteiger partial charge in [0.2, 0.25) is 5.91 Å². The molecule has 4 rings (SSSR count). The van der Waals surface area contributed by atoms with Gasteiger partial charge in [-0.25, -0.2) is 9.78 Å². The lowest BCUT2D eigenvalue weighted by atomic mass is 10.1. The molecule has 0 bridgehead atoms. The van der Waals surface area contributed by atoms with Gasteiger partial charge in [0.25, 0.3) is 0 Å². The van der Waals surface area contributed by atoms with Gasteiger partial charge in [-0.1, -0.05) is 25.5 Å². The topological polar surface area (TPSA) is 72.2 Å². The summed E-state index contributed by atoms with van der Waals surface area (Å²) in [6.07, 6.45) is 4.94. The number of likely N-dealkylation sites (tertiary alicyclic amines) is 1. The summed E-state index contributed by atoms with van der Waals surface area (Å²) in [7, 11) is 0. The van der Waals surface area contributed by atoms with Crippen molar-refractivity contribution in [2.24, 2.45) is 0 Å². The van der Waals surface area contributed by atoms with Crippen LogP contribution in [0.15, 0.2) is 34.4 Å². The van der Waals surface area contributed by atoms with E-state index >= 15 is 0 Å². The maximum Gasteiger partial charge on any atom is 0.329 e. The number of fused-ring (bicyclic) bond motifs is 1. The lowest BCUT2D eigenvalue weighted by molar-refractivity contribution is -0.116. The van der Waals surface area contributed by atoms with Crippen LogP contribution in [0.1, 0.15) is 44.7 Å². The lowest BCUT2D eigenvalue weighted by Gasteiger charge is -2.25. The Morgan fingerprint density at radius 3 is 2.50 bits per heavy atom. The van der Waals surface area contributed by atoms with Gasteiger partial charge in [-0.05, 0) is 44.5 Å². The van der Waals surface area contributed by atoms with Gasteiger partial charge >= 0.3 is 5.69 Å². The number of carbonyl (C=O) groups is 1. The Balaban J connectivity index is 1.37. The van der Waals surface area contributed by atoms with Gasteiger partial charge in [0.05, 0.1) is 16.7 Å². The van der Waals surface area contributed by atoms with Crippen LogP contribution in [-0.4, -0.2) is 38.0 Å². The predicted molar refractivity (Wildman–Crippen MR) is 121 cm³/mol. The zero-order chi connectivity index (χ0) is 20.9. The number of benzene rings is 1. The number of aryl methyl sites for hydroxylation is 2. The molecule has 30 heavy (non-hydrogen) atoms. The summed E-state index contributed by atoms with van der Waals surface area (Å²) < 4.78 is 3.50. The number of imidazole rings is 1. The van der Waals surface area contributed by atoms with Gasteiger partial charge < -0.3 is 5.32 Å². The van der Waals surface area contributed by atoms with Crippen molar-refractivity contribution in [1.29, 1.82) is 0 Å². The third-order valence-electron chi connectivity index (χ3n) is 5.57. The number of hydrogen-bond donors (Lipinski definition) is 1. The molecule has 1 N–H and O–H groups in total. The molecule has 0 spiro atoms. The van der Waals surface area contributed by atoms with Crippen LogP contribution >= 0.6 is 11.3 Å². The van der Waals surface area contributed by atoms with E-state index in [1.54, 1.807) is 9.13 Å². The number of carbonyl (C=O) groups excluding carboxylic acids is 1. The highest BCUT2D eigenvalue weighted by molar-refractivity contribution is 7.13. The van der Waals surface area contributed by atoms with E-state index in [-0.39, 0.29) is 18.0 Å². The largest absolute Gasteiger partial charge is 0.329 e. The molecule has 1 fully saturated rings. The smallest absolute Gasteiger partial charge is 0.302 e. The highest BCUT2D eigenvalue weighted by atomic mass is 32.1. The highest BCUT2D eigenvalue weighted by Crippen LogP contribution is 2.19. The van der Waals surface area contributed by atoms with E-state index in [4.69, 9.17) is 0 Å². The Kier molecular flexibility index (Phi) is 6.64. The van der Waals surface area contributed by atoms with Crippen molar-refractivity contribution in [3.63, 3.8) is 0 Å². The molecular weight excluding hydrogens is 398 g/mol. The summed E-state index contributed by atoms with van der Waals surface area (Å²) in [6, 6.07) is 7.76. The van der Waals surface area contributed by atoms with Crippen molar-refractivity contribution in [3.8, 4) is 0 Å². The van der Waals surface area contributed by atoms with Crippen LogP contribution in [0.3, 0.4) is 0 Å². The van der Waals surface area contributed by atoms with Gasteiger partial charge in [0.15, 0.2) is 5.13 Å². The first-order chi connectivity index (χ1) is 14.7. The van der Waals surface area contributed by atoms with E-state index in [9.17, 15) is 9.59 Å². The summed E-state index contributed by atoms with van der Waals surface area (Å²) in [5, 5.41) is 5.55. The maximum absolute atomic E-state index is 12.8.